The number of nitrogens with zero attached hydrogens (tertiary/aromatic N) is 2. The van der Waals surface area contributed by atoms with Crippen LogP contribution >= 0.6 is 15.9 Å². The molecule has 3 heteroatoms. The number of nitriles is 1. The van der Waals surface area contributed by atoms with Crippen molar-refractivity contribution in [2.45, 2.75) is 19.3 Å². The van der Waals surface area contributed by atoms with Crippen LogP contribution in [0.1, 0.15) is 24.8 Å². The number of anilines is 1. The van der Waals surface area contributed by atoms with Gasteiger partial charge >= 0.3 is 0 Å². The summed E-state index contributed by atoms with van der Waals surface area (Å²) in [6.07, 6.45) is 4.04. The highest BCUT2D eigenvalue weighted by Crippen LogP contribution is 2.53. The molecule has 0 atom stereocenters. The number of hydrogen-bond acceptors (Lipinski definition) is 2. The van der Waals surface area contributed by atoms with Crippen molar-refractivity contribution in [1.29, 1.82) is 5.26 Å². The Morgan fingerprint density at radius 2 is 2.12 bits per heavy atom. The minimum absolute atomic E-state index is 0.606. The molecule has 3 rings (SSSR count). The van der Waals surface area contributed by atoms with Crippen LogP contribution in [-0.2, 0) is 0 Å². The van der Waals surface area contributed by atoms with Crippen molar-refractivity contribution >= 4 is 21.6 Å². The predicted octanol–water partition coefficient (Wildman–Crippen LogP) is 3.31. The minimum Gasteiger partial charge on any atom is -0.370 e. The Hall–Kier alpha value is -1.01. The zero-order valence-electron chi connectivity index (χ0n) is 9.04. The van der Waals surface area contributed by atoms with Crippen LogP contribution in [0.3, 0.4) is 0 Å². The topological polar surface area (TPSA) is 27.0 Å². The average Bonchev–Trinajstić information content (AvgIpc) is 2.89. The maximum absolute atomic E-state index is 9.20. The summed E-state index contributed by atoms with van der Waals surface area (Å²) in [5, 5.41) is 9.20. The molecule has 2 fully saturated rings. The van der Waals surface area contributed by atoms with Crippen LogP contribution in [0.2, 0.25) is 0 Å². The summed E-state index contributed by atoms with van der Waals surface area (Å²) in [7, 11) is 0. The lowest BCUT2D eigenvalue weighted by atomic mass is 10.1. The SMILES string of the molecule is N#Cc1c(Br)cccc1N1CCC2(CC2)C1. The third kappa shape index (κ3) is 1.53. The van der Waals surface area contributed by atoms with Crippen molar-refractivity contribution in [3.63, 3.8) is 0 Å². The summed E-state index contributed by atoms with van der Waals surface area (Å²) < 4.78 is 0.907. The van der Waals surface area contributed by atoms with Crippen LogP contribution < -0.4 is 4.90 Å². The van der Waals surface area contributed by atoms with Crippen molar-refractivity contribution in [1.82, 2.24) is 0 Å². The van der Waals surface area contributed by atoms with Gasteiger partial charge in [-0.3, -0.25) is 0 Å². The van der Waals surface area contributed by atoms with E-state index in [2.05, 4.69) is 33.0 Å². The Morgan fingerprint density at radius 1 is 1.31 bits per heavy atom. The third-order valence-electron chi connectivity index (χ3n) is 3.84. The summed E-state index contributed by atoms with van der Waals surface area (Å²) in [5.74, 6) is 0. The molecule has 0 unspecified atom stereocenters. The van der Waals surface area contributed by atoms with Crippen LogP contribution in [0.4, 0.5) is 5.69 Å². The first-order valence-corrected chi connectivity index (χ1v) is 6.47. The van der Waals surface area contributed by atoms with E-state index < -0.39 is 0 Å². The molecule has 0 N–H and O–H groups in total. The van der Waals surface area contributed by atoms with Gasteiger partial charge in [-0.25, -0.2) is 0 Å². The molecule has 2 aliphatic rings. The lowest BCUT2D eigenvalue weighted by Gasteiger charge is -2.20. The summed E-state index contributed by atoms with van der Waals surface area (Å²) in [4.78, 5) is 2.37. The van der Waals surface area contributed by atoms with E-state index in [9.17, 15) is 5.26 Å². The number of rotatable bonds is 1. The van der Waals surface area contributed by atoms with E-state index in [-0.39, 0.29) is 0 Å². The zero-order valence-corrected chi connectivity index (χ0v) is 10.6. The summed E-state index contributed by atoms with van der Waals surface area (Å²) in [5.41, 5.74) is 2.48. The van der Waals surface area contributed by atoms with Crippen LogP contribution in [0.25, 0.3) is 0 Å². The van der Waals surface area contributed by atoms with Gasteiger partial charge in [-0.15, -0.1) is 0 Å². The Morgan fingerprint density at radius 3 is 2.75 bits per heavy atom. The van der Waals surface area contributed by atoms with Gasteiger partial charge in [-0.2, -0.15) is 5.26 Å². The van der Waals surface area contributed by atoms with Crippen LogP contribution in [-0.4, -0.2) is 13.1 Å². The van der Waals surface area contributed by atoms with E-state index in [1.807, 2.05) is 12.1 Å². The number of benzene rings is 1. The molecular weight excluding hydrogens is 264 g/mol. The highest BCUT2D eigenvalue weighted by atomic mass is 79.9. The van der Waals surface area contributed by atoms with Gasteiger partial charge in [0, 0.05) is 17.6 Å². The summed E-state index contributed by atoms with van der Waals surface area (Å²) in [6.45, 7) is 2.24. The average molecular weight is 277 g/mol. The molecule has 1 aromatic rings. The van der Waals surface area contributed by atoms with Gasteiger partial charge in [0.05, 0.1) is 11.3 Å². The molecule has 0 radical (unpaired) electrons. The second kappa shape index (κ2) is 3.49. The molecule has 82 valence electrons. The first-order chi connectivity index (χ1) is 7.74. The molecule has 2 nitrogen and oxygen atoms in total. The minimum atomic E-state index is 0.606. The fourth-order valence-electron chi connectivity index (χ4n) is 2.61. The van der Waals surface area contributed by atoms with E-state index in [4.69, 9.17) is 0 Å². The first kappa shape index (κ1) is 10.2. The lowest BCUT2D eigenvalue weighted by molar-refractivity contribution is 0.581. The molecular formula is C13H13BrN2. The predicted molar refractivity (Wildman–Crippen MR) is 67.4 cm³/mol. The molecule has 1 spiro atoms. The highest BCUT2D eigenvalue weighted by Gasteiger charge is 2.47. The number of halogens is 1. The van der Waals surface area contributed by atoms with E-state index in [1.54, 1.807) is 0 Å². The Balaban J connectivity index is 1.95. The monoisotopic (exact) mass is 276 g/mol. The molecule has 0 bridgehead atoms. The standard InChI is InChI=1S/C13H13BrN2/c14-11-2-1-3-12(10(11)8-15)16-7-6-13(9-16)4-5-13/h1-3H,4-7,9H2. The highest BCUT2D eigenvalue weighted by molar-refractivity contribution is 9.10. The maximum atomic E-state index is 9.20. The van der Waals surface area contributed by atoms with Gasteiger partial charge in [-0.05, 0) is 52.7 Å². The second-order valence-corrected chi connectivity index (χ2v) is 5.77. The smallest absolute Gasteiger partial charge is 0.103 e. The van der Waals surface area contributed by atoms with Crippen LogP contribution in [0, 0.1) is 16.7 Å². The zero-order chi connectivity index (χ0) is 11.2. The largest absolute Gasteiger partial charge is 0.370 e. The van der Waals surface area contributed by atoms with Crippen molar-refractivity contribution in [2.24, 2.45) is 5.41 Å². The lowest BCUT2D eigenvalue weighted by Crippen LogP contribution is -2.21. The molecule has 1 aliphatic heterocycles. The van der Waals surface area contributed by atoms with Crippen molar-refractivity contribution in [2.75, 3.05) is 18.0 Å². The van der Waals surface area contributed by atoms with Crippen molar-refractivity contribution < 1.29 is 0 Å². The fourth-order valence-corrected chi connectivity index (χ4v) is 3.06. The van der Waals surface area contributed by atoms with Gasteiger partial charge in [0.1, 0.15) is 6.07 Å². The van der Waals surface area contributed by atoms with Gasteiger partial charge in [-0.1, -0.05) is 6.07 Å². The Labute approximate surface area is 104 Å². The van der Waals surface area contributed by atoms with Crippen molar-refractivity contribution in [3.8, 4) is 6.07 Å². The molecule has 0 aromatic heterocycles. The molecule has 1 saturated carbocycles. The van der Waals surface area contributed by atoms with Crippen LogP contribution in [0.15, 0.2) is 22.7 Å². The van der Waals surface area contributed by atoms with Crippen molar-refractivity contribution in [3.05, 3.63) is 28.2 Å². The van der Waals surface area contributed by atoms with Gasteiger partial charge in [0.2, 0.25) is 0 Å². The first-order valence-electron chi connectivity index (χ1n) is 5.68. The molecule has 1 aromatic carbocycles. The second-order valence-electron chi connectivity index (χ2n) is 4.92. The molecule has 1 aliphatic carbocycles. The van der Waals surface area contributed by atoms with E-state index >= 15 is 0 Å². The molecule has 1 saturated heterocycles. The van der Waals surface area contributed by atoms with E-state index in [0.29, 0.717) is 5.41 Å². The Kier molecular flexibility index (Phi) is 2.22. The van der Waals surface area contributed by atoms with Gasteiger partial charge in [0.25, 0.3) is 0 Å². The normalized spacial score (nSPS) is 21.1. The molecule has 0 amide bonds. The number of hydrogen-bond donors (Lipinski definition) is 0. The molecule has 1 heterocycles. The molecule has 16 heavy (non-hydrogen) atoms. The summed E-state index contributed by atoms with van der Waals surface area (Å²) >= 11 is 3.45. The van der Waals surface area contributed by atoms with E-state index in [1.165, 1.54) is 19.3 Å². The Bertz CT molecular complexity index is 471. The summed E-state index contributed by atoms with van der Waals surface area (Å²) in [6, 6.07) is 8.31. The fraction of sp³-hybridized carbons (Fsp3) is 0.462. The quantitative estimate of drug-likeness (QED) is 0.787. The van der Waals surface area contributed by atoms with Gasteiger partial charge < -0.3 is 4.90 Å². The third-order valence-corrected chi connectivity index (χ3v) is 4.50. The van der Waals surface area contributed by atoms with E-state index in [0.717, 1.165) is 28.8 Å². The van der Waals surface area contributed by atoms with Gasteiger partial charge in [0.15, 0.2) is 0 Å². The maximum Gasteiger partial charge on any atom is 0.103 e. The van der Waals surface area contributed by atoms with Crippen LogP contribution in [0.5, 0.6) is 0 Å².